The van der Waals surface area contributed by atoms with Gasteiger partial charge in [-0.3, -0.25) is 0 Å². The number of aliphatic hydroxyl groups is 1. The molecule has 0 aliphatic rings. The van der Waals surface area contributed by atoms with Gasteiger partial charge >= 0.3 is 0 Å². The molecule has 0 fully saturated rings. The predicted molar refractivity (Wildman–Crippen MR) is 106 cm³/mol. The van der Waals surface area contributed by atoms with Crippen LogP contribution in [0, 0.1) is 6.92 Å². The third-order valence-corrected chi connectivity index (χ3v) is 4.39. The van der Waals surface area contributed by atoms with E-state index < -0.39 is 0 Å². The molecule has 132 valence electrons. The maximum absolute atomic E-state index is 8.96. The molecule has 3 heteroatoms. The van der Waals surface area contributed by atoms with Crippen molar-refractivity contribution in [3.8, 4) is 16.9 Å². The molecule has 0 saturated heterocycles. The zero-order valence-electron chi connectivity index (χ0n) is 15.5. The summed E-state index contributed by atoms with van der Waals surface area (Å²) < 4.78 is 5.87. The van der Waals surface area contributed by atoms with Crippen LogP contribution in [-0.2, 0) is 0 Å². The molecule has 1 atom stereocenters. The fourth-order valence-corrected chi connectivity index (χ4v) is 3.07. The van der Waals surface area contributed by atoms with Crippen LogP contribution >= 0.6 is 11.8 Å². The molecule has 0 bridgehead atoms. The van der Waals surface area contributed by atoms with Crippen molar-refractivity contribution in [3.05, 3.63) is 48.0 Å². The minimum Gasteiger partial charge on any atom is -0.490 e. The van der Waals surface area contributed by atoms with Gasteiger partial charge in [0.25, 0.3) is 0 Å². The fraction of sp³-hybridized carbons (Fsp3) is 0.429. The van der Waals surface area contributed by atoms with Crippen molar-refractivity contribution in [2.24, 2.45) is 0 Å². The van der Waals surface area contributed by atoms with Crippen molar-refractivity contribution >= 4 is 11.8 Å². The molecule has 1 N–H and O–H groups in total. The van der Waals surface area contributed by atoms with Crippen LogP contribution in [0.1, 0.15) is 39.7 Å². The van der Waals surface area contributed by atoms with Crippen molar-refractivity contribution in [2.45, 2.75) is 52.0 Å². The van der Waals surface area contributed by atoms with Gasteiger partial charge < -0.3 is 9.84 Å². The number of aryl methyl sites for hydroxylation is 1. The molecule has 2 rings (SSSR count). The molecule has 2 aromatic rings. The largest absolute Gasteiger partial charge is 0.490 e. The highest BCUT2D eigenvalue weighted by Gasteiger charge is 2.08. The first-order valence-electron chi connectivity index (χ1n) is 8.75. The molecule has 0 aliphatic carbocycles. The molecule has 2 nitrogen and oxygen atoms in total. The van der Waals surface area contributed by atoms with Gasteiger partial charge in [-0.05, 0) is 60.6 Å². The number of ether oxygens (including phenoxy) is 1. The van der Waals surface area contributed by atoms with Gasteiger partial charge in [0.2, 0.25) is 0 Å². The van der Waals surface area contributed by atoms with E-state index in [1.54, 1.807) is 0 Å². The lowest BCUT2D eigenvalue weighted by atomic mass is 10.0. The predicted octanol–water partition coefficient (Wildman–Crippen LogP) is 5.95. The van der Waals surface area contributed by atoms with Gasteiger partial charge in [0.15, 0.2) is 0 Å². The number of thioether (sulfide) groups is 1. The van der Waals surface area contributed by atoms with Crippen LogP contribution < -0.4 is 4.74 Å². The number of hydrogen-bond acceptors (Lipinski definition) is 3. The van der Waals surface area contributed by atoms with Crippen LogP contribution in [0.15, 0.2) is 47.4 Å². The van der Waals surface area contributed by atoms with Gasteiger partial charge in [-0.25, -0.2) is 0 Å². The molecular weight excluding hydrogens is 316 g/mol. The molecule has 2 aromatic carbocycles. The average molecular weight is 347 g/mol. The highest BCUT2D eigenvalue weighted by Crippen LogP contribution is 2.29. The summed E-state index contributed by atoms with van der Waals surface area (Å²) in [6.07, 6.45) is 0.677. The second-order valence-electron chi connectivity index (χ2n) is 5.38. The second kappa shape index (κ2) is 11.2. The lowest BCUT2D eigenvalue weighted by molar-refractivity contribution is 0.168. The Morgan fingerprint density at radius 3 is 2.42 bits per heavy atom. The minimum atomic E-state index is 0.0267. The summed E-state index contributed by atoms with van der Waals surface area (Å²) >= 11 is 1.86. The minimum absolute atomic E-state index is 0.0267. The molecular formula is C21H30O2S. The SMILES string of the molecule is CC.CCSc1cccc(-c2ccc(OC(C)CCO)c(C)c2)c1. The van der Waals surface area contributed by atoms with Crippen molar-refractivity contribution < 1.29 is 9.84 Å². The van der Waals surface area contributed by atoms with Crippen LogP contribution in [0.5, 0.6) is 5.75 Å². The van der Waals surface area contributed by atoms with Crippen molar-refractivity contribution in [1.82, 2.24) is 0 Å². The molecule has 0 saturated carbocycles. The van der Waals surface area contributed by atoms with Gasteiger partial charge in [0.1, 0.15) is 5.75 Å². The standard InChI is InChI=1S/C19H24O2S.C2H6/c1-4-22-18-7-5-6-16(13-18)17-8-9-19(14(2)12-17)21-15(3)10-11-20;1-2/h5-9,12-13,15,20H,4,10-11H2,1-3H3;1-2H3. The van der Waals surface area contributed by atoms with Gasteiger partial charge in [-0.1, -0.05) is 39.0 Å². The van der Waals surface area contributed by atoms with Crippen molar-refractivity contribution in [1.29, 1.82) is 0 Å². The Bertz CT molecular complexity index is 611. The Balaban J connectivity index is 0.00000139. The normalized spacial score (nSPS) is 11.4. The lowest BCUT2D eigenvalue weighted by Gasteiger charge is -2.16. The maximum Gasteiger partial charge on any atom is 0.122 e. The smallest absolute Gasteiger partial charge is 0.122 e. The summed E-state index contributed by atoms with van der Waals surface area (Å²) in [6.45, 7) is 10.4. The Kier molecular flexibility index (Phi) is 9.58. The zero-order chi connectivity index (χ0) is 17.9. The monoisotopic (exact) mass is 346 g/mol. The highest BCUT2D eigenvalue weighted by atomic mass is 32.2. The number of rotatable bonds is 7. The van der Waals surface area contributed by atoms with E-state index >= 15 is 0 Å². The zero-order valence-corrected chi connectivity index (χ0v) is 16.3. The molecule has 0 amide bonds. The van der Waals surface area contributed by atoms with E-state index in [0.29, 0.717) is 6.42 Å². The van der Waals surface area contributed by atoms with E-state index in [4.69, 9.17) is 9.84 Å². The van der Waals surface area contributed by atoms with E-state index in [1.807, 2.05) is 38.6 Å². The van der Waals surface area contributed by atoms with E-state index in [-0.39, 0.29) is 12.7 Å². The van der Waals surface area contributed by atoms with E-state index in [9.17, 15) is 0 Å². The lowest BCUT2D eigenvalue weighted by Crippen LogP contribution is -2.13. The Labute approximate surface area is 151 Å². The molecule has 0 aromatic heterocycles. The Hall–Kier alpha value is -1.45. The first-order chi connectivity index (χ1) is 11.6. The highest BCUT2D eigenvalue weighted by molar-refractivity contribution is 7.99. The summed E-state index contributed by atoms with van der Waals surface area (Å²) in [5.41, 5.74) is 3.56. The van der Waals surface area contributed by atoms with Crippen molar-refractivity contribution in [3.63, 3.8) is 0 Å². The Morgan fingerprint density at radius 1 is 1.08 bits per heavy atom. The molecule has 0 heterocycles. The molecule has 24 heavy (non-hydrogen) atoms. The summed E-state index contributed by atoms with van der Waals surface area (Å²) in [6, 6.07) is 14.9. The summed E-state index contributed by atoms with van der Waals surface area (Å²) in [7, 11) is 0. The van der Waals surface area contributed by atoms with Crippen LogP contribution in [0.25, 0.3) is 11.1 Å². The van der Waals surface area contributed by atoms with E-state index in [2.05, 4.69) is 50.2 Å². The van der Waals surface area contributed by atoms with Crippen LogP contribution in [0.2, 0.25) is 0 Å². The van der Waals surface area contributed by atoms with Gasteiger partial charge in [0.05, 0.1) is 6.10 Å². The number of aliphatic hydroxyl groups excluding tert-OH is 1. The third kappa shape index (κ3) is 6.21. The van der Waals surface area contributed by atoms with Crippen molar-refractivity contribution in [2.75, 3.05) is 12.4 Å². The maximum atomic E-state index is 8.96. The van der Waals surface area contributed by atoms with Gasteiger partial charge in [0, 0.05) is 17.9 Å². The van der Waals surface area contributed by atoms with Gasteiger partial charge in [-0.2, -0.15) is 0 Å². The number of hydrogen-bond donors (Lipinski definition) is 1. The van der Waals surface area contributed by atoms with E-state index in [0.717, 1.165) is 17.1 Å². The topological polar surface area (TPSA) is 29.5 Å². The first-order valence-corrected chi connectivity index (χ1v) is 9.74. The Morgan fingerprint density at radius 2 is 1.79 bits per heavy atom. The van der Waals surface area contributed by atoms with Crippen LogP contribution in [-0.4, -0.2) is 23.6 Å². The van der Waals surface area contributed by atoms with E-state index in [1.165, 1.54) is 16.0 Å². The molecule has 0 spiro atoms. The summed E-state index contributed by atoms with van der Waals surface area (Å²) in [5, 5.41) is 8.96. The fourth-order valence-electron chi connectivity index (χ4n) is 2.35. The molecule has 0 radical (unpaired) electrons. The van der Waals surface area contributed by atoms with Gasteiger partial charge in [-0.15, -0.1) is 11.8 Å². The first kappa shape index (κ1) is 20.6. The van der Waals surface area contributed by atoms with Crippen LogP contribution in [0.4, 0.5) is 0 Å². The molecule has 1 unspecified atom stereocenters. The summed E-state index contributed by atoms with van der Waals surface area (Å²) in [5.74, 6) is 1.97. The average Bonchev–Trinajstić information content (AvgIpc) is 2.59. The second-order valence-corrected chi connectivity index (χ2v) is 6.72. The molecule has 0 aliphatic heterocycles. The van der Waals surface area contributed by atoms with Crippen LogP contribution in [0.3, 0.4) is 0 Å². The number of benzene rings is 2. The summed E-state index contributed by atoms with van der Waals surface area (Å²) in [4.78, 5) is 1.30. The quantitative estimate of drug-likeness (QED) is 0.628. The third-order valence-electron chi connectivity index (χ3n) is 3.52.